The molecule has 0 bridgehead atoms. The van der Waals surface area contributed by atoms with Crippen LogP contribution in [-0.2, 0) is 6.54 Å². The molecule has 0 heterocycles. The van der Waals surface area contributed by atoms with E-state index >= 15 is 0 Å². The van der Waals surface area contributed by atoms with Crippen LogP contribution in [0.3, 0.4) is 0 Å². The quantitative estimate of drug-likeness (QED) is 0.816. The van der Waals surface area contributed by atoms with Crippen molar-refractivity contribution in [1.82, 2.24) is 5.32 Å². The number of nitrogens with one attached hydrogen (secondary N) is 1. The lowest BCUT2D eigenvalue weighted by Crippen LogP contribution is -2.22. The maximum absolute atomic E-state index is 9.21. The van der Waals surface area contributed by atoms with Crippen LogP contribution in [0.1, 0.15) is 23.5 Å². The van der Waals surface area contributed by atoms with Crippen molar-refractivity contribution in [3.8, 4) is 0 Å². The van der Waals surface area contributed by atoms with E-state index in [4.69, 9.17) is 11.6 Å². The van der Waals surface area contributed by atoms with Gasteiger partial charge < -0.3 is 10.4 Å². The van der Waals surface area contributed by atoms with E-state index in [1.165, 1.54) is 11.1 Å². The Balaban J connectivity index is 1.90. The van der Waals surface area contributed by atoms with Gasteiger partial charge in [0, 0.05) is 24.7 Å². The molecule has 0 fully saturated rings. The molecule has 2 aromatic carbocycles. The molecule has 0 saturated heterocycles. The minimum absolute atomic E-state index is 0.207. The van der Waals surface area contributed by atoms with Gasteiger partial charge in [-0.3, -0.25) is 0 Å². The van der Waals surface area contributed by atoms with Crippen molar-refractivity contribution >= 4 is 11.6 Å². The first-order valence-electron chi connectivity index (χ1n) is 6.90. The molecular weight excluding hydrogens is 270 g/mol. The van der Waals surface area contributed by atoms with Gasteiger partial charge >= 0.3 is 0 Å². The predicted molar refractivity (Wildman–Crippen MR) is 84.0 cm³/mol. The summed E-state index contributed by atoms with van der Waals surface area (Å²) in [6.45, 7) is 1.84. The van der Waals surface area contributed by atoms with Crippen molar-refractivity contribution in [2.75, 3.05) is 13.2 Å². The fourth-order valence-electron chi connectivity index (χ4n) is 2.31. The first-order valence-corrected chi connectivity index (χ1v) is 7.28. The average molecular weight is 290 g/mol. The highest BCUT2D eigenvalue weighted by molar-refractivity contribution is 6.30. The number of aliphatic hydroxyl groups is 1. The van der Waals surface area contributed by atoms with Crippen LogP contribution in [0.15, 0.2) is 54.6 Å². The monoisotopic (exact) mass is 289 g/mol. The van der Waals surface area contributed by atoms with Crippen LogP contribution >= 0.6 is 11.6 Å². The number of aliphatic hydroxyl groups excluding tert-OH is 1. The van der Waals surface area contributed by atoms with Crippen molar-refractivity contribution in [2.24, 2.45) is 0 Å². The fraction of sp³-hybridized carbons (Fsp3) is 0.294. The van der Waals surface area contributed by atoms with Crippen molar-refractivity contribution in [1.29, 1.82) is 0 Å². The molecule has 0 amide bonds. The molecule has 0 aliphatic heterocycles. The topological polar surface area (TPSA) is 32.3 Å². The lowest BCUT2D eigenvalue weighted by molar-refractivity contribution is 0.273. The minimum Gasteiger partial charge on any atom is -0.396 e. The fourth-order valence-corrected chi connectivity index (χ4v) is 2.52. The van der Waals surface area contributed by atoms with E-state index < -0.39 is 0 Å². The maximum atomic E-state index is 9.21. The summed E-state index contributed by atoms with van der Waals surface area (Å²) in [5.41, 5.74) is 2.44. The van der Waals surface area contributed by atoms with E-state index in [0.29, 0.717) is 5.92 Å². The van der Waals surface area contributed by atoms with Gasteiger partial charge in [-0.2, -0.15) is 0 Å². The van der Waals surface area contributed by atoms with Crippen LogP contribution in [0.5, 0.6) is 0 Å². The van der Waals surface area contributed by atoms with Gasteiger partial charge in [0.15, 0.2) is 0 Å². The molecule has 2 N–H and O–H groups in total. The number of benzene rings is 2. The average Bonchev–Trinajstić information content (AvgIpc) is 2.47. The predicted octanol–water partition coefficient (Wildman–Crippen LogP) is 3.60. The van der Waals surface area contributed by atoms with Crippen LogP contribution in [0.4, 0.5) is 0 Å². The number of hydrogen-bond donors (Lipinski definition) is 2. The van der Waals surface area contributed by atoms with Crippen molar-refractivity contribution < 1.29 is 5.11 Å². The summed E-state index contributed by atoms with van der Waals surface area (Å²) in [7, 11) is 0. The molecule has 1 unspecified atom stereocenters. The molecule has 0 spiro atoms. The molecule has 0 saturated carbocycles. The Morgan fingerprint density at radius 3 is 2.55 bits per heavy atom. The molecular formula is C17H20ClNO. The van der Waals surface area contributed by atoms with Gasteiger partial charge in [0.2, 0.25) is 0 Å². The summed E-state index contributed by atoms with van der Waals surface area (Å²) in [6, 6.07) is 18.2. The Labute approximate surface area is 125 Å². The Kier molecular flexibility index (Phi) is 6.06. The zero-order valence-electron chi connectivity index (χ0n) is 11.4. The number of halogens is 1. The third-order valence-corrected chi connectivity index (χ3v) is 3.59. The smallest absolute Gasteiger partial charge is 0.0437 e. The van der Waals surface area contributed by atoms with Gasteiger partial charge in [0.1, 0.15) is 0 Å². The van der Waals surface area contributed by atoms with E-state index in [9.17, 15) is 5.11 Å². The number of rotatable bonds is 7. The van der Waals surface area contributed by atoms with E-state index in [2.05, 4.69) is 23.5 Å². The largest absolute Gasteiger partial charge is 0.396 e. The molecule has 2 aromatic rings. The van der Waals surface area contributed by atoms with Crippen LogP contribution in [0.2, 0.25) is 5.02 Å². The van der Waals surface area contributed by atoms with Gasteiger partial charge in [-0.05, 0) is 35.6 Å². The highest BCUT2D eigenvalue weighted by Crippen LogP contribution is 2.18. The van der Waals surface area contributed by atoms with Crippen molar-refractivity contribution in [3.05, 3.63) is 70.7 Å². The van der Waals surface area contributed by atoms with Gasteiger partial charge in [-0.15, -0.1) is 0 Å². The molecule has 20 heavy (non-hydrogen) atoms. The zero-order valence-corrected chi connectivity index (χ0v) is 12.2. The third kappa shape index (κ3) is 4.64. The van der Waals surface area contributed by atoms with Crippen molar-refractivity contribution in [2.45, 2.75) is 18.9 Å². The van der Waals surface area contributed by atoms with Crippen LogP contribution in [-0.4, -0.2) is 18.3 Å². The van der Waals surface area contributed by atoms with E-state index in [1.54, 1.807) is 0 Å². The molecule has 0 aromatic heterocycles. The van der Waals surface area contributed by atoms with Gasteiger partial charge in [0.05, 0.1) is 0 Å². The van der Waals surface area contributed by atoms with Gasteiger partial charge in [-0.1, -0.05) is 54.1 Å². The standard InChI is InChI=1S/C17H20ClNO/c18-17-8-4-5-14(11-17)12-19-13-16(9-10-20)15-6-2-1-3-7-15/h1-8,11,16,19-20H,9-10,12-13H2. The first-order chi connectivity index (χ1) is 9.79. The summed E-state index contributed by atoms with van der Waals surface area (Å²) in [5, 5.41) is 13.4. The molecule has 3 heteroatoms. The normalized spacial score (nSPS) is 12.3. The summed E-state index contributed by atoms with van der Waals surface area (Å²) < 4.78 is 0. The Bertz CT molecular complexity index is 515. The lowest BCUT2D eigenvalue weighted by atomic mass is 9.96. The van der Waals surface area contributed by atoms with Crippen LogP contribution < -0.4 is 5.32 Å². The zero-order chi connectivity index (χ0) is 14.2. The lowest BCUT2D eigenvalue weighted by Gasteiger charge is -2.17. The second-order valence-corrected chi connectivity index (χ2v) is 5.32. The maximum Gasteiger partial charge on any atom is 0.0437 e. The molecule has 0 aliphatic rings. The van der Waals surface area contributed by atoms with E-state index in [1.807, 2.05) is 36.4 Å². The molecule has 1 atom stereocenters. The first kappa shape index (κ1) is 15.0. The molecule has 2 rings (SSSR count). The Morgan fingerprint density at radius 1 is 1.05 bits per heavy atom. The highest BCUT2D eigenvalue weighted by atomic mass is 35.5. The van der Waals surface area contributed by atoms with Gasteiger partial charge in [-0.25, -0.2) is 0 Å². The summed E-state index contributed by atoms with van der Waals surface area (Å²) in [4.78, 5) is 0. The SMILES string of the molecule is OCCC(CNCc1cccc(Cl)c1)c1ccccc1. The Morgan fingerprint density at radius 2 is 1.85 bits per heavy atom. The molecule has 2 nitrogen and oxygen atoms in total. The van der Waals surface area contributed by atoms with E-state index in [0.717, 1.165) is 24.5 Å². The third-order valence-electron chi connectivity index (χ3n) is 3.36. The van der Waals surface area contributed by atoms with Gasteiger partial charge in [0.25, 0.3) is 0 Å². The summed E-state index contributed by atoms with van der Waals surface area (Å²) >= 11 is 5.97. The van der Waals surface area contributed by atoms with E-state index in [-0.39, 0.29) is 6.61 Å². The summed E-state index contributed by atoms with van der Waals surface area (Å²) in [5.74, 6) is 0.334. The number of hydrogen-bond acceptors (Lipinski definition) is 2. The molecule has 0 aliphatic carbocycles. The van der Waals surface area contributed by atoms with Crippen LogP contribution in [0.25, 0.3) is 0 Å². The van der Waals surface area contributed by atoms with Crippen molar-refractivity contribution in [3.63, 3.8) is 0 Å². The second-order valence-electron chi connectivity index (χ2n) is 4.88. The highest BCUT2D eigenvalue weighted by Gasteiger charge is 2.10. The minimum atomic E-state index is 0.207. The molecule has 0 radical (unpaired) electrons. The second kappa shape index (κ2) is 8.05. The van der Waals surface area contributed by atoms with Crippen LogP contribution in [0, 0.1) is 0 Å². The Hall–Kier alpha value is -1.35. The molecule has 106 valence electrons. The summed E-state index contributed by atoms with van der Waals surface area (Å²) in [6.07, 6.45) is 0.770.